The number of ether oxygens (including phenoxy) is 1. The van der Waals surface area contributed by atoms with E-state index in [4.69, 9.17) is 4.74 Å². The Labute approximate surface area is 111 Å². The topological polar surface area (TPSA) is 21.3 Å². The Balaban J connectivity index is 1.81. The molecule has 1 N–H and O–H groups in total. The zero-order chi connectivity index (χ0) is 13.7. The molecule has 19 heavy (non-hydrogen) atoms. The van der Waals surface area contributed by atoms with E-state index in [-0.39, 0.29) is 17.4 Å². The van der Waals surface area contributed by atoms with Crippen molar-refractivity contribution in [3.8, 4) is 5.75 Å². The average Bonchev–Trinajstić information content (AvgIpc) is 2.41. The minimum atomic E-state index is -0.329. The monoisotopic (exact) mass is 263 g/mol. The van der Waals surface area contributed by atoms with Gasteiger partial charge in [0.2, 0.25) is 0 Å². The Hall–Kier alpha value is -2.10. The van der Waals surface area contributed by atoms with Crippen LogP contribution in [-0.4, -0.2) is 13.2 Å². The van der Waals surface area contributed by atoms with Gasteiger partial charge in [-0.3, -0.25) is 0 Å². The minimum Gasteiger partial charge on any atom is -0.489 e. The molecule has 0 aliphatic rings. The van der Waals surface area contributed by atoms with Crippen LogP contribution in [0.5, 0.6) is 5.75 Å². The van der Waals surface area contributed by atoms with E-state index >= 15 is 0 Å². The first-order chi connectivity index (χ1) is 9.16. The standard InChI is InChI=1S/C15H15F2NO/c1-11-3-2-4-14(15(11)17)19-10-9-18-13-7-5-12(16)6-8-13/h2-8,18H,9-10H2,1H3. The molecular weight excluding hydrogens is 248 g/mol. The van der Waals surface area contributed by atoms with Crippen LogP contribution >= 0.6 is 0 Å². The van der Waals surface area contributed by atoms with E-state index < -0.39 is 0 Å². The van der Waals surface area contributed by atoms with Crippen molar-refractivity contribution in [3.05, 3.63) is 59.7 Å². The summed E-state index contributed by atoms with van der Waals surface area (Å²) in [6.07, 6.45) is 0. The molecule has 0 bridgehead atoms. The number of halogens is 2. The van der Waals surface area contributed by atoms with E-state index in [1.165, 1.54) is 12.1 Å². The molecule has 0 fully saturated rings. The zero-order valence-electron chi connectivity index (χ0n) is 10.6. The van der Waals surface area contributed by atoms with Crippen molar-refractivity contribution >= 4 is 5.69 Å². The van der Waals surface area contributed by atoms with E-state index in [0.29, 0.717) is 18.7 Å². The number of benzene rings is 2. The van der Waals surface area contributed by atoms with Gasteiger partial charge in [0, 0.05) is 12.2 Å². The van der Waals surface area contributed by atoms with E-state index in [1.807, 2.05) is 0 Å². The van der Waals surface area contributed by atoms with Crippen LogP contribution in [0.25, 0.3) is 0 Å². The van der Waals surface area contributed by atoms with Gasteiger partial charge >= 0.3 is 0 Å². The molecule has 0 radical (unpaired) electrons. The first kappa shape index (κ1) is 13.3. The lowest BCUT2D eigenvalue weighted by atomic mass is 10.2. The Morgan fingerprint density at radius 3 is 2.53 bits per heavy atom. The molecule has 100 valence electrons. The molecule has 2 rings (SSSR count). The Morgan fingerprint density at radius 1 is 1.05 bits per heavy atom. The quantitative estimate of drug-likeness (QED) is 0.829. The molecule has 2 aromatic carbocycles. The average molecular weight is 263 g/mol. The van der Waals surface area contributed by atoms with Crippen LogP contribution in [0.3, 0.4) is 0 Å². The van der Waals surface area contributed by atoms with Crippen LogP contribution < -0.4 is 10.1 Å². The first-order valence-electron chi connectivity index (χ1n) is 6.04. The summed E-state index contributed by atoms with van der Waals surface area (Å²) in [5.41, 5.74) is 1.36. The Kier molecular flexibility index (Phi) is 4.34. The predicted octanol–water partition coefficient (Wildman–Crippen LogP) is 3.76. The van der Waals surface area contributed by atoms with E-state index in [1.54, 1.807) is 37.3 Å². The van der Waals surface area contributed by atoms with Gasteiger partial charge in [0.25, 0.3) is 0 Å². The second-order valence-corrected chi connectivity index (χ2v) is 4.17. The number of anilines is 1. The summed E-state index contributed by atoms with van der Waals surface area (Å²) in [7, 11) is 0. The lowest BCUT2D eigenvalue weighted by Crippen LogP contribution is -2.12. The normalized spacial score (nSPS) is 10.3. The second kappa shape index (κ2) is 6.18. The molecule has 0 saturated carbocycles. The number of aryl methyl sites for hydroxylation is 1. The van der Waals surface area contributed by atoms with Crippen LogP contribution in [0, 0.1) is 18.6 Å². The lowest BCUT2D eigenvalue weighted by molar-refractivity contribution is 0.314. The molecule has 0 aromatic heterocycles. The van der Waals surface area contributed by atoms with Gasteiger partial charge in [-0.25, -0.2) is 8.78 Å². The van der Waals surface area contributed by atoms with Gasteiger partial charge in [-0.2, -0.15) is 0 Å². The summed E-state index contributed by atoms with van der Waals surface area (Å²) in [5.74, 6) is -0.353. The van der Waals surface area contributed by atoms with E-state index in [9.17, 15) is 8.78 Å². The summed E-state index contributed by atoms with van der Waals surface area (Å²) in [6, 6.07) is 11.1. The Bertz CT molecular complexity index is 540. The number of nitrogens with one attached hydrogen (secondary N) is 1. The summed E-state index contributed by atoms with van der Waals surface area (Å²) in [4.78, 5) is 0. The van der Waals surface area contributed by atoms with Gasteiger partial charge < -0.3 is 10.1 Å². The van der Waals surface area contributed by atoms with Crippen LogP contribution in [0.4, 0.5) is 14.5 Å². The van der Waals surface area contributed by atoms with Crippen molar-refractivity contribution in [2.24, 2.45) is 0 Å². The molecule has 4 heteroatoms. The third-order valence-corrected chi connectivity index (χ3v) is 2.69. The Morgan fingerprint density at radius 2 is 1.79 bits per heavy atom. The van der Waals surface area contributed by atoms with Crippen LogP contribution in [0.2, 0.25) is 0 Å². The molecule has 0 aliphatic carbocycles. The van der Waals surface area contributed by atoms with Crippen LogP contribution in [-0.2, 0) is 0 Å². The number of rotatable bonds is 5. The molecule has 0 spiro atoms. The fourth-order valence-electron chi connectivity index (χ4n) is 1.66. The highest BCUT2D eigenvalue weighted by atomic mass is 19.1. The van der Waals surface area contributed by atoms with Crippen LogP contribution in [0.1, 0.15) is 5.56 Å². The highest BCUT2D eigenvalue weighted by molar-refractivity contribution is 5.42. The summed E-state index contributed by atoms with van der Waals surface area (Å²) < 4.78 is 31.6. The van der Waals surface area contributed by atoms with Crippen molar-refractivity contribution in [3.63, 3.8) is 0 Å². The maximum atomic E-state index is 13.6. The summed E-state index contributed by atoms with van der Waals surface area (Å²) in [6.45, 7) is 2.54. The fourth-order valence-corrected chi connectivity index (χ4v) is 1.66. The van der Waals surface area contributed by atoms with Crippen molar-refractivity contribution in [1.29, 1.82) is 0 Å². The first-order valence-corrected chi connectivity index (χ1v) is 6.04. The van der Waals surface area contributed by atoms with Gasteiger partial charge in [-0.15, -0.1) is 0 Å². The maximum absolute atomic E-state index is 13.6. The van der Waals surface area contributed by atoms with Gasteiger partial charge in [0.05, 0.1) is 0 Å². The third kappa shape index (κ3) is 3.68. The summed E-state index contributed by atoms with van der Waals surface area (Å²) >= 11 is 0. The fraction of sp³-hybridized carbons (Fsp3) is 0.200. The third-order valence-electron chi connectivity index (χ3n) is 2.69. The molecule has 0 unspecified atom stereocenters. The van der Waals surface area contributed by atoms with Crippen molar-refractivity contribution in [2.45, 2.75) is 6.92 Å². The SMILES string of the molecule is Cc1cccc(OCCNc2ccc(F)cc2)c1F. The largest absolute Gasteiger partial charge is 0.489 e. The van der Waals surface area contributed by atoms with Gasteiger partial charge in [-0.1, -0.05) is 12.1 Å². The van der Waals surface area contributed by atoms with Crippen molar-refractivity contribution in [1.82, 2.24) is 0 Å². The molecule has 2 aromatic rings. The minimum absolute atomic E-state index is 0.251. The van der Waals surface area contributed by atoms with E-state index in [0.717, 1.165) is 5.69 Å². The predicted molar refractivity (Wildman–Crippen MR) is 71.5 cm³/mol. The van der Waals surface area contributed by atoms with Gasteiger partial charge in [0.1, 0.15) is 12.4 Å². The smallest absolute Gasteiger partial charge is 0.167 e. The molecule has 0 saturated heterocycles. The van der Waals surface area contributed by atoms with Gasteiger partial charge in [-0.05, 0) is 42.8 Å². The number of hydrogen-bond acceptors (Lipinski definition) is 2. The summed E-state index contributed by atoms with van der Waals surface area (Å²) in [5, 5.41) is 3.06. The molecule has 0 aliphatic heterocycles. The van der Waals surface area contributed by atoms with Crippen LogP contribution in [0.15, 0.2) is 42.5 Å². The molecular formula is C15H15F2NO. The van der Waals surface area contributed by atoms with Crippen molar-refractivity contribution < 1.29 is 13.5 Å². The second-order valence-electron chi connectivity index (χ2n) is 4.17. The van der Waals surface area contributed by atoms with Gasteiger partial charge in [0.15, 0.2) is 11.6 Å². The number of hydrogen-bond donors (Lipinski definition) is 1. The molecule has 0 atom stereocenters. The maximum Gasteiger partial charge on any atom is 0.167 e. The van der Waals surface area contributed by atoms with Crippen molar-refractivity contribution in [2.75, 3.05) is 18.5 Å². The highest BCUT2D eigenvalue weighted by Crippen LogP contribution is 2.19. The lowest BCUT2D eigenvalue weighted by Gasteiger charge is -2.10. The molecule has 0 heterocycles. The molecule has 2 nitrogen and oxygen atoms in total. The molecule has 0 amide bonds. The zero-order valence-corrected chi connectivity index (χ0v) is 10.6. The van der Waals surface area contributed by atoms with E-state index in [2.05, 4.69) is 5.32 Å². The highest BCUT2D eigenvalue weighted by Gasteiger charge is 2.04.